The Bertz CT molecular complexity index is 564. The molecule has 2 aliphatic heterocycles. The molecular formula is C21H36N2O5. The van der Waals surface area contributed by atoms with E-state index in [-0.39, 0.29) is 30.3 Å². The van der Waals surface area contributed by atoms with E-state index < -0.39 is 11.1 Å². The minimum absolute atomic E-state index is 0.0584. The van der Waals surface area contributed by atoms with Crippen molar-refractivity contribution in [2.45, 2.75) is 108 Å². The number of rotatable bonds is 3. The lowest BCUT2D eigenvalue weighted by Gasteiger charge is -2.52. The molecule has 2 saturated heterocycles. The number of aliphatic hydroxyl groups excluding tert-OH is 1. The third-order valence-electron chi connectivity index (χ3n) is 6.21. The van der Waals surface area contributed by atoms with Gasteiger partial charge in [-0.2, -0.15) is 0 Å². The first-order valence-electron chi connectivity index (χ1n) is 10.8. The van der Waals surface area contributed by atoms with Crippen LogP contribution in [0.3, 0.4) is 0 Å². The van der Waals surface area contributed by atoms with Gasteiger partial charge in [0.1, 0.15) is 5.60 Å². The highest BCUT2D eigenvalue weighted by Crippen LogP contribution is 2.36. The number of amides is 2. The second-order valence-corrected chi connectivity index (χ2v) is 9.61. The molecule has 2 amide bonds. The summed E-state index contributed by atoms with van der Waals surface area (Å²) in [6, 6.07) is -0.229. The maximum Gasteiger partial charge on any atom is 0.410 e. The summed E-state index contributed by atoms with van der Waals surface area (Å²) in [5.41, 5.74) is -0.999. The number of carbonyl (C=O) groups excluding carboxylic acids is 2. The smallest absolute Gasteiger partial charge is 0.410 e. The highest BCUT2D eigenvalue weighted by molar-refractivity contribution is 5.78. The quantitative estimate of drug-likeness (QED) is 0.766. The number of hydrogen-bond acceptors (Lipinski definition) is 5. The minimum Gasteiger partial charge on any atom is -0.444 e. The molecule has 3 aliphatic rings. The zero-order chi connectivity index (χ0) is 20.4. The molecule has 1 aliphatic carbocycles. The van der Waals surface area contributed by atoms with E-state index in [0.717, 1.165) is 51.4 Å². The topological polar surface area (TPSA) is 88.1 Å². The predicted octanol–water partition coefficient (Wildman–Crippen LogP) is 2.74. The van der Waals surface area contributed by atoms with Crippen LogP contribution in [0.25, 0.3) is 0 Å². The normalized spacial score (nSPS) is 34.2. The number of nitrogens with zero attached hydrogens (tertiary/aromatic N) is 1. The van der Waals surface area contributed by atoms with Crippen molar-refractivity contribution in [3.05, 3.63) is 0 Å². The van der Waals surface area contributed by atoms with E-state index in [4.69, 9.17) is 9.47 Å². The largest absolute Gasteiger partial charge is 0.444 e. The summed E-state index contributed by atoms with van der Waals surface area (Å²) in [5.74, 6) is 0.0584. The van der Waals surface area contributed by atoms with E-state index in [1.165, 1.54) is 0 Å². The van der Waals surface area contributed by atoms with Crippen molar-refractivity contribution in [2.75, 3.05) is 13.2 Å². The molecule has 0 aromatic rings. The number of hydrogen-bond donors (Lipinski definition) is 2. The molecule has 3 rings (SSSR count). The maximum atomic E-state index is 12.9. The van der Waals surface area contributed by atoms with Crippen molar-refractivity contribution >= 4 is 12.0 Å². The Morgan fingerprint density at radius 2 is 1.89 bits per heavy atom. The lowest BCUT2D eigenvalue weighted by molar-refractivity contribution is -0.130. The Morgan fingerprint density at radius 3 is 2.54 bits per heavy atom. The van der Waals surface area contributed by atoms with Crippen LogP contribution in [-0.4, -0.2) is 64.5 Å². The average molecular weight is 397 g/mol. The van der Waals surface area contributed by atoms with E-state index in [1.54, 1.807) is 4.90 Å². The van der Waals surface area contributed by atoms with Crippen molar-refractivity contribution in [3.8, 4) is 0 Å². The lowest BCUT2D eigenvalue weighted by atomic mass is 9.75. The summed E-state index contributed by atoms with van der Waals surface area (Å²) in [6.45, 7) is 6.60. The van der Waals surface area contributed by atoms with Crippen molar-refractivity contribution < 1.29 is 24.2 Å². The zero-order valence-corrected chi connectivity index (χ0v) is 17.5. The van der Waals surface area contributed by atoms with Crippen molar-refractivity contribution in [2.24, 2.45) is 0 Å². The fourth-order valence-corrected chi connectivity index (χ4v) is 4.82. The maximum absolute atomic E-state index is 12.9. The molecule has 28 heavy (non-hydrogen) atoms. The SMILES string of the molecule is CC(C)(C)OC(=O)N1CCCC2(CCCC(=O)N2)C1COC1CCC(O)CC1. The zero-order valence-electron chi connectivity index (χ0n) is 17.5. The molecule has 0 bridgehead atoms. The average Bonchev–Trinajstić information content (AvgIpc) is 2.60. The molecule has 2 atom stereocenters. The standard InChI is InChI=1S/C21H36N2O5/c1-20(2,3)28-19(26)23-13-5-12-21(11-4-6-18(25)22-21)17(23)14-27-16-9-7-15(24)8-10-16/h15-17,24H,4-14H2,1-3H3,(H,22,25). The van der Waals surface area contributed by atoms with Crippen LogP contribution in [0, 0.1) is 0 Å². The highest BCUT2D eigenvalue weighted by Gasteiger charge is 2.49. The summed E-state index contributed by atoms with van der Waals surface area (Å²) in [6.07, 6.45) is 6.65. The van der Waals surface area contributed by atoms with Gasteiger partial charge in [-0.25, -0.2) is 4.79 Å². The fourth-order valence-electron chi connectivity index (χ4n) is 4.82. The summed E-state index contributed by atoms with van der Waals surface area (Å²) < 4.78 is 11.9. The van der Waals surface area contributed by atoms with Crippen LogP contribution in [0.2, 0.25) is 0 Å². The molecule has 160 valence electrons. The molecular weight excluding hydrogens is 360 g/mol. The van der Waals surface area contributed by atoms with Crippen molar-refractivity contribution in [3.63, 3.8) is 0 Å². The summed E-state index contributed by atoms with van der Waals surface area (Å²) >= 11 is 0. The molecule has 2 unspecified atom stereocenters. The van der Waals surface area contributed by atoms with Crippen LogP contribution in [0.4, 0.5) is 4.79 Å². The first kappa shape index (κ1) is 21.4. The van der Waals surface area contributed by atoms with Gasteiger partial charge in [0, 0.05) is 13.0 Å². The number of likely N-dealkylation sites (tertiary alicyclic amines) is 1. The Hall–Kier alpha value is -1.34. The highest BCUT2D eigenvalue weighted by atomic mass is 16.6. The van der Waals surface area contributed by atoms with Crippen LogP contribution in [-0.2, 0) is 14.3 Å². The second-order valence-electron chi connectivity index (χ2n) is 9.61. The summed E-state index contributed by atoms with van der Waals surface area (Å²) in [5, 5.41) is 12.9. The van der Waals surface area contributed by atoms with Gasteiger partial charge in [-0.1, -0.05) is 0 Å². The molecule has 0 radical (unpaired) electrons. The third kappa shape index (κ3) is 5.17. The van der Waals surface area contributed by atoms with Gasteiger partial charge in [-0.15, -0.1) is 0 Å². The summed E-state index contributed by atoms with van der Waals surface area (Å²) in [4.78, 5) is 26.9. The van der Waals surface area contributed by atoms with E-state index in [2.05, 4.69) is 5.32 Å². The Labute approximate surface area is 168 Å². The van der Waals surface area contributed by atoms with E-state index >= 15 is 0 Å². The number of nitrogens with one attached hydrogen (secondary N) is 1. The minimum atomic E-state index is -0.567. The van der Waals surface area contributed by atoms with Crippen LogP contribution in [0.15, 0.2) is 0 Å². The van der Waals surface area contributed by atoms with Gasteiger partial charge in [0.15, 0.2) is 0 Å². The summed E-state index contributed by atoms with van der Waals surface area (Å²) in [7, 11) is 0. The van der Waals surface area contributed by atoms with Crippen LogP contribution in [0.1, 0.15) is 78.6 Å². The number of carbonyl (C=O) groups is 2. The van der Waals surface area contributed by atoms with Gasteiger partial charge < -0.3 is 24.8 Å². The Balaban J connectivity index is 1.75. The number of piperidine rings is 2. The second kappa shape index (κ2) is 8.57. The first-order valence-corrected chi connectivity index (χ1v) is 10.8. The van der Waals surface area contributed by atoms with Gasteiger partial charge in [0.05, 0.1) is 30.4 Å². The molecule has 0 aromatic heterocycles. The predicted molar refractivity (Wildman–Crippen MR) is 105 cm³/mol. The van der Waals surface area contributed by atoms with Crippen LogP contribution >= 0.6 is 0 Å². The molecule has 1 spiro atoms. The molecule has 7 nitrogen and oxygen atoms in total. The first-order chi connectivity index (χ1) is 13.2. The van der Waals surface area contributed by atoms with Crippen LogP contribution in [0.5, 0.6) is 0 Å². The van der Waals surface area contributed by atoms with E-state index in [0.29, 0.717) is 19.6 Å². The molecule has 7 heteroatoms. The van der Waals surface area contributed by atoms with Crippen molar-refractivity contribution in [1.29, 1.82) is 0 Å². The van der Waals surface area contributed by atoms with Gasteiger partial charge in [0.25, 0.3) is 0 Å². The fraction of sp³-hybridized carbons (Fsp3) is 0.905. The lowest BCUT2D eigenvalue weighted by Crippen LogP contribution is -2.69. The van der Waals surface area contributed by atoms with Gasteiger partial charge in [-0.3, -0.25) is 4.79 Å². The molecule has 1 saturated carbocycles. The van der Waals surface area contributed by atoms with Crippen LogP contribution < -0.4 is 5.32 Å². The van der Waals surface area contributed by atoms with E-state index in [9.17, 15) is 14.7 Å². The van der Waals surface area contributed by atoms with Gasteiger partial charge >= 0.3 is 6.09 Å². The molecule has 2 N–H and O–H groups in total. The third-order valence-corrected chi connectivity index (χ3v) is 6.21. The molecule has 0 aromatic carbocycles. The number of aliphatic hydroxyl groups is 1. The Morgan fingerprint density at radius 1 is 1.21 bits per heavy atom. The van der Waals surface area contributed by atoms with Gasteiger partial charge in [0.2, 0.25) is 5.91 Å². The molecule has 2 heterocycles. The Kier molecular flexibility index (Phi) is 6.54. The molecule has 3 fully saturated rings. The van der Waals surface area contributed by atoms with Gasteiger partial charge in [-0.05, 0) is 72.1 Å². The monoisotopic (exact) mass is 396 g/mol. The van der Waals surface area contributed by atoms with E-state index in [1.807, 2.05) is 20.8 Å². The van der Waals surface area contributed by atoms with Crippen molar-refractivity contribution in [1.82, 2.24) is 10.2 Å². The number of ether oxygens (including phenoxy) is 2.